The lowest BCUT2D eigenvalue weighted by atomic mass is 9.91. The third-order valence-electron chi connectivity index (χ3n) is 4.56. The summed E-state index contributed by atoms with van der Waals surface area (Å²) >= 11 is 0. The van der Waals surface area contributed by atoms with Crippen molar-refractivity contribution in [2.75, 3.05) is 32.2 Å². The maximum absolute atomic E-state index is 12.4. The van der Waals surface area contributed by atoms with E-state index in [4.69, 9.17) is 9.47 Å². The molecule has 1 aliphatic heterocycles. The fraction of sp³-hybridized carbons (Fsp3) is 0.350. The van der Waals surface area contributed by atoms with Gasteiger partial charge in [-0.1, -0.05) is 24.3 Å². The molecule has 2 aromatic rings. The summed E-state index contributed by atoms with van der Waals surface area (Å²) in [5, 5.41) is 0. The van der Waals surface area contributed by atoms with Crippen molar-refractivity contribution >= 4 is 11.7 Å². The normalized spacial score (nSPS) is 15.2. The summed E-state index contributed by atoms with van der Waals surface area (Å²) in [7, 11) is 3.05. The number of carbonyl (C=O) groups excluding carboxylic acids is 1. The van der Waals surface area contributed by atoms with Crippen LogP contribution in [0, 0.1) is 0 Å². The second-order valence-corrected chi connectivity index (χ2v) is 6.02. The first-order valence-electron chi connectivity index (χ1n) is 8.29. The van der Waals surface area contributed by atoms with Gasteiger partial charge in [-0.2, -0.15) is 0 Å². The molecule has 126 valence electrons. The van der Waals surface area contributed by atoms with Crippen LogP contribution in [0.25, 0.3) is 0 Å². The molecule has 2 aromatic carbocycles. The molecule has 0 bridgehead atoms. The molecule has 0 spiro atoms. The largest absolute Gasteiger partial charge is 0.497 e. The fourth-order valence-corrected chi connectivity index (χ4v) is 3.26. The maximum Gasteiger partial charge on any atom is 0.317 e. The van der Waals surface area contributed by atoms with Gasteiger partial charge in [0.15, 0.2) is 0 Å². The predicted molar refractivity (Wildman–Crippen MR) is 94.7 cm³/mol. The van der Waals surface area contributed by atoms with Gasteiger partial charge in [0, 0.05) is 18.8 Å². The Morgan fingerprint density at radius 1 is 1.00 bits per heavy atom. The van der Waals surface area contributed by atoms with Crippen LogP contribution in [0.15, 0.2) is 48.5 Å². The molecule has 1 aliphatic rings. The zero-order valence-corrected chi connectivity index (χ0v) is 14.2. The minimum absolute atomic E-state index is 0.267. The zero-order chi connectivity index (χ0) is 16.9. The highest BCUT2D eigenvalue weighted by molar-refractivity contribution is 5.82. The maximum atomic E-state index is 12.4. The van der Waals surface area contributed by atoms with Crippen molar-refractivity contribution in [3.05, 3.63) is 59.7 Å². The van der Waals surface area contributed by atoms with Gasteiger partial charge in [-0.15, -0.1) is 0 Å². The first-order chi connectivity index (χ1) is 11.7. The van der Waals surface area contributed by atoms with Gasteiger partial charge >= 0.3 is 5.97 Å². The molecule has 1 atom stereocenters. The van der Waals surface area contributed by atoms with E-state index in [1.54, 1.807) is 7.11 Å². The van der Waals surface area contributed by atoms with Gasteiger partial charge < -0.3 is 14.4 Å². The summed E-state index contributed by atoms with van der Waals surface area (Å²) in [6.45, 7) is 2.21. The molecule has 0 radical (unpaired) electrons. The van der Waals surface area contributed by atoms with Gasteiger partial charge in [0.25, 0.3) is 0 Å². The first kappa shape index (κ1) is 16.4. The van der Waals surface area contributed by atoms with E-state index in [-0.39, 0.29) is 5.97 Å². The van der Waals surface area contributed by atoms with Crippen molar-refractivity contribution < 1.29 is 14.3 Å². The Morgan fingerprint density at radius 2 is 1.71 bits per heavy atom. The van der Waals surface area contributed by atoms with Crippen LogP contribution >= 0.6 is 0 Å². The van der Waals surface area contributed by atoms with E-state index < -0.39 is 5.92 Å². The molecule has 1 heterocycles. The van der Waals surface area contributed by atoms with Gasteiger partial charge in [0.1, 0.15) is 11.7 Å². The van der Waals surface area contributed by atoms with E-state index in [0.29, 0.717) is 0 Å². The highest BCUT2D eigenvalue weighted by atomic mass is 16.5. The number of anilines is 1. The molecule has 0 amide bonds. The minimum atomic E-state index is -0.447. The number of ether oxygens (including phenoxy) is 2. The Balaban J connectivity index is 1.92. The fourth-order valence-electron chi connectivity index (χ4n) is 3.26. The zero-order valence-electron chi connectivity index (χ0n) is 14.2. The Kier molecular flexibility index (Phi) is 5.04. The Labute approximate surface area is 143 Å². The van der Waals surface area contributed by atoms with Crippen LogP contribution in [-0.2, 0) is 9.53 Å². The lowest BCUT2D eigenvalue weighted by Crippen LogP contribution is -2.18. The van der Waals surface area contributed by atoms with Crippen LogP contribution in [-0.4, -0.2) is 33.3 Å². The molecule has 4 nitrogen and oxygen atoms in total. The number of rotatable bonds is 5. The van der Waals surface area contributed by atoms with Crippen molar-refractivity contribution in [1.29, 1.82) is 0 Å². The summed E-state index contributed by atoms with van der Waals surface area (Å²) in [6.07, 6.45) is 2.49. The van der Waals surface area contributed by atoms with Crippen molar-refractivity contribution in [2.24, 2.45) is 0 Å². The third-order valence-corrected chi connectivity index (χ3v) is 4.56. The molecule has 0 N–H and O–H groups in total. The molecule has 24 heavy (non-hydrogen) atoms. The lowest BCUT2D eigenvalue weighted by Gasteiger charge is -2.20. The monoisotopic (exact) mass is 325 g/mol. The van der Waals surface area contributed by atoms with Gasteiger partial charge in [-0.3, -0.25) is 4.79 Å². The van der Waals surface area contributed by atoms with Crippen molar-refractivity contribution in [3.63, 3.8) is 0 Å². The molecule has 1 unspecified atom stereocenters. The predicted octanol–water partition coefficient (Wildman–Crippen LogP) is 3.60. The Hall–Kier alpha value is -2.49. The number of benzene rings is 2. The summed E-state index contributed by atoms with van der Waals surface area (Å²) in [4.78, 5) is 14.8. The van der Waals surface area contributed by atoms with Crippen molar-refractivity contribution in [1.82, 2.24) is 0 Å². The molecular weight excluding hydrogens is 302 g/mol. The standard InChI is InChI=1S/C20H23NO3/c1-23-18-7-5-6-16(14-18)19(20(22)24-2)15-8-10-17(11-9-15)21-12-3-4-13-21/h5-11,14,19H,3-4,12-13H2,1-2H3. The van der Waals surface area contributed by atoms with Crippen LogP contribution in [0.3, 0.4) is 0 Å². The van der Waals surface area contributed by atoms with Crippen LogP contribution in [0.4, 0.5) is 5.69 Å². The molecular formula is C20H23NO3. The van der Waals surface area contributed by atoms with Crippen molar-refractivity contribution in [3.8, 4) is 5.75 Å². The number of nitrogens with zero attached hydrogens (tertiary/aromatic N) is 1. The number of carbonyl (C=O) groups is 1. The summed E-state index contributed by atoms with van der Waals surface area (Å²) < 4.78 is 10.3. The van der Waals surface area contributed by atoms with Gasteiger partial charge in [0.05, 0.1) is 14.2 Å². The third kappa shape index (κ3) is 3.37. The number of hydrogen-bond acceptors (Lipinski definition) is 4. The van der Waals surface area contributed by atoms with E-state index >= 15 is 0 Å². The van der Waals surface area contributed by atoms with Gasteiger partial charge in [-0.25, -0.2) is 0 Å². The van der Waals surface area contributed by atoms with Gasteiger partial charge in [-0.05, 0) is 48.2 Å². The minimum Gasteiger partial charge on any atom is -0.497 e. The van der Waals surface area contributed by atoms with Crippen LogP contribution in [0.1, 0.15) is 29.9 Å². The highest BCUT2D eigenvalue weighted by Crippen LogP contribution is 2.30. The Morgan fingerprint density at radius 3 is 2.33 bits per heavy atom. The molecule has 3 rings (SSSR count). The Bertz CT molecular complexity index is 690. The number of esters is 1. The SMILES string of the molecule is COC(=O)C(c1ccc(N2CCCC2)cc1)c1cccc(OC)c1. The van der Waals surface area contributed by atoms with Crippen LogP contribution in [0.5, 0.6) is 5.75 Å². The average Bonchev–Trinajstić information content (AvgIpc) is 3.17. The van der Waals surface area contributed by atoms with Crippen LogP contribution in [0.2, 0.25) is 0 Å². The number of hydrogen-bond donors (Lipinski definition) is 0. The first-order valence-corrected chi connectivity index (χ1v) is 8.29. The van der Waals surface area contributed by atoms with Crippen molar-refractivity contribution in [2.45, 2.75) is 18.8 Å². The number of methoxy groups -OCH3 is 2. The second kappa shape index (κ2) is 7.39. The van der Waals surface area contributed by atoms with E-state index in [1.165, 1.54) is 25.6 Å². The molecule has 1 saturated heterocycles. The van der Waals surface area contributed by atoms with Gasteiger partial charge in [0.2, 0.25) is 0 Å². The van der Waals surface area contributed by atoms with E-state index in [0.717, 1.165) is 30.0 Å². The molecule has 0 aromatic heterocycles. The topological polar surface area (TPSA) is 38.8 Å². The highest BCUT2D eigenvalue weighted by Gasteiger charge is 2.24. The second-order valence-electron chi connectivity index (χ2n) is 6.02. The van der Waals surface area contributed by atoms with Crippen LogP contribution < -0.4 is 9.64 Å². The summed E-state index contributed by atoms with van der Waals surface area (Å²) in [6, 6.07) is 15.8. The summed E-state index contributed by atoms with van der Waals surface area (Å²) in [5.41, 5.74) is 3.01. The van der Waals surface area contributed by atoms with E-state index in [9.17, 15) is 4.79 Å². The quantitative estimate of drug-likeness (QED) is 0.787. The lowest BCUT2D eigenvalue weighted by molar-refractivity contribution is -0.141. The average molecular weight is 325 g/mol. The smallest absolute Gasteiger partial charge is 0.317 e. The summed E-state index contributed by atoms with van der Waals surface area (Å²) in [5.74, 6) is 0.0185. The van der Waals surface area contributed by atoms with E-state index in [1.807, 2.05) is 36.4 Å². The molecule has 0 saturated carbocycles. The van der Waals surface area contributed by atoms with E-state index in [2.05, 4.69) is 17.0 Å². The molecule has 0 aliphatic carbocycles. The molecule has 1 fully saturated rings. The molecule has 4 heteroatoms.